The van der Waals surface area contributed by atoms with E-state index < -0.39 is 0 Å². The summed E-state index contributed by atoms with van der Waals surface area (Å²) in [5.41, 5.74) is 0.976. The topological polar surface area (TPSA) is 37.4 Å². The Bertz CT molecular complexity index is 528. The number of benzene rings is 1. The van der Waals surface area contributed by atoms with Gasteiger partial charge in [-0.1, -0.05) is 6.07 Å². The monoisotopic (exact) mass is 273 g/mol. The normalized spacial score (nSPS) is 11.2. The smallest absolute Gasteiger partial charge is 0.121 e. The van der Waals surface area contributed by atoms with Crippen LogP contribution in [0.1, 0.15) is 6.42 Å². The minimum absolute atomic E-state index is 0.681. The van der Waals surface area contributed by atoms with Gasteiger partial charge in [-0.05, 0) is 51.8 Å². The molecule has 0 amide bonds. The predicted molar refractivity (Wildman–Crippen MR) is 83.3 cm³/mol. The molecule has 1 aromatic heterocycles. The maximum atomic E-state index is 5.73. The third-order valence-corrected chi connectivity index (χ3v) is 3.08. The fourth-order valence-corrected chi connectivity index (χ4v) is 2.02. The predicted octanol–water partition coefficient (Wildman–Crippen LogP) is 2.15. The van der Waals surface area contributed by atoms with E-state index in [9.17, 15) is 0 Å². The standard InChI is InChI=1S/C16H23N3O/c1-19(2)11-4-8-17-10-12-20-15-7-6-14-5-3-9-18-16(14)13-15/h3,5-7,9,13,17H,4,8,10-12H2,1-2H3. The molecule has 0 bridgehead atoms. The van der Waals surface area contributed by atoms with Gasteiger partial charge in [-0.25, -0.2) is 0 Å². The Hall–Kier alpha value is -1.65. The first-order chi connectivity index (χ1) is 9.75. The lowest BCUT2D eigenvalue weighted by atomic mass is 10.2. The first-order valence-corrected chi connectivity index (χ1v) is 7.09. The summed E-state index contributed by atoms with van der Waals surface area (Å²) < 4.78 is 5.73. The van der Waals surface area contributed by atoms with E-state index >= 15 is 0 Å². The van der Waals surface area contributed by atoms with E-state index in [-0.39, 0.29) is 0 Å². The molecule has 1 heterocycles. The molecule has 4 nitrogen and oxygen atoms in total. The maximum absolute atomic E-state index is 5.73. The zero-order valence-corrected chi connectivity index (χ0v) is 12.3. The Kier molecular flexibility index (Phi) is 5.77. The van der Waals surface area contributed by atoms with Gasteiger partial charge in [-0.2, -0.15) is 0 Å². The number of fused-ring (bicyclic) bond motifs is 1. The van der Waals surface area contributed by atoms with Gasteiger partial charge in [0, 0.05) is 24.2 Å². The first-order valence-electron chi connectivity index (χ1n) is 7.09. The van der Waals surface area contributed by atoms with E-state index in [4.69, 9.17) is 4.74 Å². The molecule has 0 radical (unpaired) electrons. The van der Waals surface area contributed by atoms with Crippen molar-refractivity contribution in [1.29, 1.82) is 0 Å². The molecule has 1 aromatic carbocycles. The molecule has 0 saturated heterocycles. The summed E-state index contributed by atoms with van der Waals surface area (Å²) >= 11 is 0. The molecule has 108 valence electrons. The molecule has 0 aliphatic rings. The van der Waals surface area contributed by atoms with E-state index in [1.54, 1.807) is 6.20 Å². The van der Waals surface area contributed by atoms with E-state index in [1.807, 2.05) is 24.3 Å². The Morgan fingerprint density at radius 3 is 2.95 bits per heavy atom. The van der Waals surface area contributed by atoms with Crippen molar-refractivity contribution in [3.63, 3.8) is 0 Å². The number of rotatable bonds is 8. The van der Waals surface area contributed by atoms with Gasteiger partial charge in [0.25, 0.3) is 0 Å². The average molecular weight is 273 g/mol. The van der Waals surface area contributed by atoms with Crippen molar-refractivity contribution in [3.8, 4) is 5.75 Å². The summed E-state index contributed by atoms with van der Waals surface area (Å²) in [5, 5.41) is 4.52. The van der Waals surface area contributed by atoms with Crippen molar-refractivity contribution in [2.24, 2.45) is 0 Å². The van der Waals surface area contributed by atoms with E-state index in [2.05, 4.69) is 35.4 Å². The fraction of sp³-hybridized carbons (Fsp3) is 0.438. The lowest BCUT2D eigenvalue weighted by Gasteiger charge is -2.10. The van der Waals surface area contributed by atoms with Crippen molar-refractivity contribution in [1.82, 2.24) is 15.2 Å². The number of ether oxygens (including phenoxy) is 1. The molecule has 0 atom stereocenters. The van der Waals surface area contributed by atoms with Crippen LogP contribution in [0.15, 0.2) is 36.5 Å². The summed E-state index contributed by atoms with van der Waals surface area (Å²) in [5.74, 6) is 0.881. The molecule has 0 fully saturated rings. The second kappa shape index (κ2) is 7.82. The van der Waals surface area contributed by atoms with Crippen LogP contribution in [0.25, 0.3) is 10.9 Å². The number of hydrogen-bond acceptors (Lipinski definition) is 4. The average Bonchev–Trinajstić information content (AvgIpc) is 2.46. The van der Waals surface area contributed by atoms with Gasteiger partial charge in [0.05, 0.1) is 5.52 Å². The lowest BCUT2D eigenvalue weighted by molar-refractivity contribution is 0.311. The molecule has 2 aromatic rings. The molecule has 2 rings (SSSR count). The summed E-state index contributed by atoms with van der Waals surface area (Å²) in [6.07, 6.45) is 2.96. The lowest BCUT2D eigenvalue weighted by Crippen LogP contribution is -2.25. The van der Waals surface area contributed by atoms with Crippen LogP contribution < -0.4 is 10.1 Å². The first kappa shape index (κ1) is 14.8. The Morgan fingerprint density at radius 1 is 1.20 bits per heavy atom. The van der Waals surface area contributed by atoms with E-state index in [0.717, 1.165) is 42.7 Å². The number of hydrogen-bond donors (Lipinski definition) is 1. The minimum atomic E-state index is 0.681. The molecular formula is C16H23N3O. The molecule has 0 spiro atoms. The van der Waals surface area contributed by atoms with Crippen molar-refractivity contribution < 1.29 is 4.74 Å². The second-order valence-electron chi connectivity index (χ2n) is 5.11. The number of pyridine rings is 1. The highest BCUT2D eigenvalue weighted by atomic mass is 16.5. The zero-order valence-electron chi connectivity index (χ0n) is 12.3. The largest absolute Gasteiger partial charge is 0.492 e. The van der Waals surface area contributed by atoms with Crippen LogP contribution in [0.5, 0.6) is 5.75 Å². The van der Waals surface area contributed by atoms with Crippen LogP contribution in [-0.2, 0) is 0 Å². The molecule has 0 saturated carbocycles. The Morgan fingerprint density at radius 2 is 2.10 bits per heavy atom. The van der Waals surface area contributed by atoms with Gasteiger partial charge in [0.1, 0.15) is 12.4 Å². The van der Waals surface area contributed by atoms with Crippen LogP contribution in [0, 0.1) is 0 Å². The van der Waals surface area contributed by atoms with Crippen LogP contribution in [0.4, 0.5) is 0 Å². The number of aromatic nitrogens is 1. The van der Waals surface area contributed by atoms with Crippen LogP contribution in [-0.4, -0.2) is 50.2 Å². The number of nitrogens with one attached hydrogen (secondary N) is 1. The zero-order chi connectivity index (χ0) is 14.2. The number of nitrogens with zero attached hydrogens (tertiary/aromatic N) is 2. The maximum Gasteiger partial charge on any atom is 0.121 e. The highest BCUT2D eigenvalue weighted by Gasteiger charge is 1.98. The second-order valence-corrected chi connectivity index (χ2v) is 5.11. The van der Waals surface area contributed by atoms with Gasteiger partial charge in [0.2, 0.25) is 0 Å². The van der Waals surface area contributed by atoms with Crippen LogP contribution in [0.2, 0.25) is 0 Å². The Labute approximate surface area is 120 Å². The van der Waals surface area contributed by atoms with Crippen LogP contribution >= 0.6 is 0 Å². The van der Waals surface area contributed by atoms with Crippen molar-refractivity contribution >= 4 is 10.9 Å². The third kappa shape index (κ3) is 4.79. The minimum Gasteiger partial charge on any atom is -0.492 e. The molecular weight excluding hydrogens is 250 g/mol. The van der Waals surface area contributed by atoms with E-state index in [0.29, 0.717) is 6.61 Å². The summed E-state index contributed by atoms with van der Waals surface area (Å²) in [7, 11) is 4.19. The van der Waals surface area contributed by atoms with Crippen molar-refractivity contribution in [2.75, 3.05) is 40.3 Å². The van der Waals surface area contributed by atoms with Gasteiger partial charge in [0.15, 0.2) is 0 Å². The van der Waals surface area contributed by atoms with Gasteiger partial charge >= 0.3 is 0 Å². The molecule has 20 heavy (non-hydrogen) atoms. The molecule has 0 unspecified atom stereocenters. The Balaban J connectivity index is 1.68. The van der Waals surface area contributed by atoms with E-state index in [1.165, 1.54) is 0 Å². The quantitative estimate of drug-likeness (QED) is 0.748. The van der Waals surface area contributed by atoms with Crippen LogP contribution in [0.3, 0.4) is 0 Å². The van der Waals surface area contributed by atoms with Crippen molar-refractivity contribution in [3.05, 3.63) is 36.5 Å². The van der Waals surface area contributed by atoms with Gasteiger partial charge < -0.3 is 15.0 Å². The molecule has 4 heteroatoms. The molecule has 1 N–H and O–H groups in total. The SMILES string of the molecule is CN(C)CCCNCCOc1ccc2cccnc2c1. The summed E-state index contributed by atoms with van der Waals surface area (Å²) in [6, 6.07) is 10.0. The van der Waals surface area contributed by atoms with Gasteiger partial charge in [-0.15, -0.1) is 0 Å². The third-order valence-electron chi connectivity index (χ3n) is 3.08. The summed E-state index contributed by atoms with van der Waals surface area (Å²) in [6.45, 7) is 3.69. The highest BCUT2D eigenvalue weighted by Crippen LogP contribution is 2.18. The van der Waals surface area contributed by atoms with Gasteiger partial charge in [-0.3, -0.25) is 4.98 Å². The molecule has 0 aliphatic heterocycles. The summed E-state index contributed by atoms with van der Waals surface area (Å²) in [4.78, 5) is 6.52. The molecule has 0 aliphatic carbocycles. The highest BCUT2D eigenvalue weighted by molar-refractivity contribution is 5.79. The van der Waals surface area contributed by atoms with Crippen molar-refractivity contribution in [2.45, 2.75) is 6.42 Å². The fourth-order valence-electron chi connectivity index (χ4n) is 2.02.